The van der Waals surface area contributed by atoms with Gasteiger partial charge in [0.2, 0.25) is 11.8 Å². The Hall–Kier alpha value is -1.10. The van der Waals surface area contributed by atoms with Crippen molar-refractivity contribution in [3.05, 3.63) is 0 Å². The molecule has 0 aromatic rings. The highest BCUT2D eigenvalue weighted by atomic mass is 16.5. The fourth-order valence-corrected chi connectivity index (χ4v) is 2.31. The summed E-state index contributed by atoms with van der Waals surface area (Å²) in [6, 6.07) is 0.153. The number of amides is 2. The van der Waals surface area contributed by atoms with Crippen LogP contribution in [0.1, 0.15) is 27.7 Å². The van der Waals surface area contributed by atoms with Crippen LogP contribution in [0.5, 0.6) is 0 Å². The Bertz CT molecular complexity index is 342. The third-order valence-electron chi connectivity index (χ3n) is 3.81. The second-order valence-corrected chi connectivity index (χ2v) is 5.82. The number of carbonyl (C=O) groups is 2. The van der Waals surface area contributed by atoms with Gasteiger partial charge in [-0.3, -0.25) is 9.59 Å². The van der Waals surface area contributed by atoms with Crippen molar-refractivity contribution in [2.45, 2.75) is 39.8 Å². The van der Waals surface area contributed by atoms with Crippen LogP contribution in [-0.2, 0) is 14.3 Å². The van der Waals surface area contributed by atoms with Gasteiger partial charge < -0.3 is 14.5 Å². The third kappa shape index (κ3) is 3.47. The molecule has 0 aromatic carbocycles. The van der Waals surface area contributed by atoms with E-state index in [4.69, 9.17) is 4.74 Å². The van der Waals surface area contributed by atoms with Crippen LogP contribution in [0.25, 0.3) is 0 Å². The lowest BCUT2D eigenvalue weighted by Gasteiger charge is -2.26. The highest BCUT2D eigenvalue weighted by Crippen LogP contribution is 2.23. The number of ether oxygens (including phenoxy) is 1. The molecular weight excluding hydrogens is 244 g/mol. The van der Waals surface area contributed by atoms with E-state index in [0.717, 1.165) is 0 Å². The zero-order valence-electron chi connectivity index (χ0n) is 12.8. The smallest absolute Gasteiger partial charge is 0.230 e. The average Bonchev–Trinajstić information content (AvgIpc) is 2.79. The van der Waals surface area contributed by atoms with Crippen LogP contribution in [0, 0.1) is 11.8 Å². The Morgan fingerprint density at radius 1 is 1.21 bits per heavy atom. The number of likely N-dealkylation sites (tertiary alicyclic amines) is 1. The number of carbonyl (C=O) groups excluding carboxylic acids is 2. The van der Waals surface area contributed by atoms with E-state index in [0.29, 0.717) is 13.1 Å². The molecule has 19 heavy (non-hydrogen) atoms. The Morgan fingerprint density at radius 2 is 1.79 bits per heavy atom. The SMILES string of the molecule is COC1CN(C(=O)C(C)C)CC1C(=O)N(C)C(C)C. The fourth-order valence-electron chi connectivity index (χ4n) is 2.31. The summed E-state index contributed by atoms with van der Waals surface area (Å²) in [6.07, 6.45) is -0.198. The monoisotopic (exact) mass is 270 g/mol. The van der Waals surface area contributed by atoms with E-state index < -0.39 is 0 Å². The molecule has 2 atom stereocenters. The van der Waals surface area contributed by atoms with Crippen LogP contribution in [0.3, 0.4) is 0 Å². The second-order valence-electron chi connectivity index (χ2n) is 5.82. The molecule has 0 aliphatic carbocycles. The molecule has 0 saturated carbocycles. The molecule has 1 rings (SSSR count). The number of nitrogens with zero attached hydrogens (tertiary/aromatic N) is 2. The van der Waals surface area contributed by atoms with Gasteiger partial charge in [0.1, 0.15) is 0 Å². The Balaban J connectivity index is 2.79. The lowest BCUT2D eigenvalue weighted by atomic mass is 10.0. The van der Waals surface area contributed by atoms with Crippen molar-refractivity contribution >= 4 is 11.8 Å². The van der Waals surface area contributed by atoms with Gasteiger partial charge in [-0.1, -0.05) is 13.8 Å². The topological polar surface area (TPSA) is 49.9 Å². The van der Waals surface area contributed by atoms with Crippen molar-refractivity contribution in [3.63, 3.8) is 0 Å². The maximum atomic E-state index is 12.4. The van der Waals surface area contributed by atoms with Gasteiger partial charge in [-0.15, -0.1) is 0 Å². The van der Waals surface area contributed by atoms with Gasteiger partial charge in [0.05, 0.1) is 12.0 Å². The molecule has 2 unspecified atom stereocenters. The standard InChI is InChI=1S/C14H26N2O3/c1-9(2)13(17)16-7-11(12(8-16)19-6)14(18)15(5)10(3)4/h9-12H,7-8H2,1-6H3. The fraction of sp³-hybridized carbons (Fsp3) is 0.857. The molecule has 1 aliphatic heterocycles. The van der Waals surface area contributed by atoms with Crippen molar-refractivity contribution in [3.8, 4) is 0 Å². The molecule has 5 nitrogen and oxygen atoms in total. The minimum atomic E-state index is -0.250. The summed E-state index contributed by atoms with van der Waals surface area (Å²) < 4.78 is 5.39. The predicted molar refractivity (Wildman–Crippen MR) is 73.6 cm³/mol. The van der Waals surface area contributed by atoms with E-state index in [1.165, 1.54) is 0 Å². The molecule has 1 fully saturated rings. The highest BCUT2D eigenvalue weighted by Gasteiger charge is 2.41. The summed E-state index contributed by atoms with van der Waals surface area (Å²) in [5.74, 6) is -0.153. The van der Waals surface area contributed by atoms with E-state index in [1.807, 2.05) is 27.7 Å². The first-order chi connectivity index (χ1) is 8.79. The number of rotatable bonds is 4. The summed E-state index contributed by atoms with van der Waals surface area (Å²) in [4.78, 5) is 27.9. The van der Waals surface area contributed by atoms with Crippen molar-refractivity contribution in [2.24, 2.45) is 11.8 Å². The molecule has 1 saturated heterocycles. The maximum Gasteiger partial charge on any atom is 0.230 e. The summed E-state index contributed by atoms with van der Waals surface area (Å²) in [6.45, 7) is 8.68. The molecule has 0 N–H and O–H groups in total. The van der Waals surface area contributed by atoms with Crippen molar-refractivity contribution < 1.29 is 14.3 Å². The van der Waals surface area contributed by atoms with Gasteiger partial charge in [0, 0.05) is 39.2 Å². The van der Waals surface area contributed by atoms with Gasteiger partial charge in [-0.25, -0.2) is 0 Å². The van der Waals surface area contributed by atoms with E-state index in [9.17, 15) is 9.59 Å². The number of hydrogen-bond donors (Lipinski definition) is 0. The first-order valence-electron chi connectivity index (χ1n) is 6.87. The molecular formula is C14H26N2O3. The molecule has 0 spiro atoms. The Morgan fingerprint density at radius 3 is 2.21 bits per heavy atom. The normalized spacial score (nSPS) is 23.3. The van der Waals surface area contributed by atoms with Crippen molar-refractivity contribution in [1.82, 2.24) is 9.80 Å². The number of hydrogen-bond acceptors (Lipinski definition) is 3. The van der Waals surface area contributed by atoms with E-state index in [-0.39, 0.29) is 35.8 Å². The second kappa shape index (κ2) is 6.37. The van der Waals surface area contributed by atoms with E-state index >= 15 is 0 Å². The van der Waals surface area contributed by atoms with E-state index in [1.54, 1.807) is 24.0 Å². The first-order valence-corrected chi connectivity index (χ1v) is 6.87. The Kier molecular flexibility index (Phi) is 5.35. The predicted octanol–water partition coefficient (Wildman–Crippen LogP) is 0.983. The molecule has 0 bridgehead atoms. The Labute approximate surface area is 115 Å². The third-order valence-corrected chi connectivity index (χ3v) is 3.81. The van der Waals surface area contributed by atoms with Crippen molar-refractivity contribution in [1.29, 1.82) is 0 Å². The van der Waals surface area contributed by atoms with Crippen LogP contribution in [0.2, 0.25) is 0 Å². The maximum absolute atomic E-state index is 12.4. The van der Waals surface area contributed by atoms with Crippen LogP contribution in [0.4, 0.5) is 0 Å². The van der Waals surface area contributed by atoms with Gasteiger partial charge in [0.25, 0.3) is 0 Å². The van der Waals surface area contributed by atoms with E-state index in [2.05, 4.69) is 0 Å². The zero-order valence-corrected chi connectivity index (χ0v) is 12.8. The summed E-state index contributed by atoms with van der Waals surface area (Å²) >= 11 is 0. The molecule has 110 valence electrons. The number of methoxy groups -OCH3 is 1. The average molecular weight is 270 g/mol. The summed E-state index contributed by atoms with van der Waals surface area (Å²) in [5, 5.41) is 0. The quantitative estimate of drug-likeness (QED) is 0.765. The molecule has 2 amide bonds. The van der Waals surface area contributed by atoms with Crippen LogP contribution < -0.4 is 0 Å². The van der Waals surface area contributed by atoms with Crippen LogP contribution in [0.15, 0.2) is 0 Å². The van der Waals surface area contributed by atoms with Crippen LogP contribution in [-0.4, -0.2) is 61.0 Å². The van der Waals surface area contributed by atoms with Gasteiger partial charge in [0.15, 0.2) is 0 Å². The van der Waals surface area contributed by atoms with Gasteiger partial charge in [-0.2, -0.15) is 0 Å². The zero-order chi connectivity index (χ0) is 14.7. The minimum absolute atomic E-state index is 0.0470. The highest BCUT2D eigenvalue weighted by molar-refractivity contribution is 5.83. The molecule has 1 aliphatic rings. The molecule has 1 heterocycles. The largest absolute Gasteiger partial charge is 0.379 e. The lowest BCUT2D eigenvalue weighted by Crippen LogP contribution is -2.42. The first kappa shape index (κ1) is 16.0. The summed E-state index contributed by atoms with van der Waals surface area (Å²) in [7, 11) is 3.40. The molecule has 5 heteroatoms. The summed E-state index contributed by atoms with van der Waals surface area (Å²) in [5.41, 5.74) is 0. The molecule has 0 radical (unpaired) electrons. The lowest BCUT2D eigenvalue weighted by molar-refractivity contribution is -0.138. The molecule has 0 aromatic heterocycles. The van der Waals surface area contributed by atoms with Gasteiger partial charge >= 0.3 is 0 Å². The van der Waals surface area contributed by atoms with Crippen LogP contribution >= 0.6 is 0 Å². The minimum Gasteiger partial charge on any atom is -0.379 e. The van der Waals surface area contributed by atoms with Gasteiger partial charge in [-0.05, 0) is 13.8 Å². The van der Waals surface area contributed by atoms with Crippen molar-refractivity contribution in [2.75, 3.05) is 27.2 Å².